The fourth-order valence-corrected chi connectivity index (χ4v) is 1.04. The number of unbranched alkanes of at least 4 members (excludes halogenated alkanes) is 1. The van der Waals surface area contributed by atoms with Gasteiger partial charge < -0.3 is 4.74 Å². The van der Waals surface area contributed by atoms with Gasteiger partial charge >= 0.3 is 5.97 Å². The van der Waals surface area contributed by atoms with Crippen LogP contribution in [0.15, 0.2) is 4.99 Å². The average Bonchev–Trinajstić information content (AvgIpc) is 2.28. The number of alkyl halides is 2. The lowest BCUT2D eigenvalue weighted by Crippen LogP contribution is -2.15. The lowest BCUT2D eigenvalue weighted by molar-refractivity contribution is -0.135. The summed E-state index contributed by atoms with van der Waals surface area (Å²) in [6, 6.07) is 0. The number of rotatable bonds is 6. The maximum atomic E-state index is 12.8. The number of nitrogens with one attached hydrogen (secondary N) is 1. The number of halogens is 2. The molecule has 0 amide bonds. The van der Waals surface area contributed by atoms with Gasteiger partial charge in [0, 0.05) is 19.1 Å². The van der Waals surface area contributed by atoms with Crippen molar-refractivity contribution in [2.24, 2.45) is 4.99 Å². The maximum Gasteiger partial charge on any atom is 0.375 e. The highest BCUT2D eigenvalue weighted by atomic mass is 19.3. The molecule has 0 spiro atoms. The van der Waals surface area contributed by atoms with Gasteiger partial charge in [0.05, 0.1) is 6.61 Å². The Kier molecular flexibility index (Phi) is 7.25. The molecule has 0 heterocycles. The van der Waals surface area contributed by atoms with Crippen LogP contribution in [0.2, 0.25) is 0 Å². The molecule has 1 N–H and O–H groups in total. The molecule has 0 aromatic rings. The van der Waals surface area contributed by atoms with Gasteiger partial charge in [0.1, 0.15) is 0 Å². The van der Waals surface area contributed by atoms with E-state index < -0.39 is 17.7 Å². The van der Waals surface area contributed by atoms with Crippen molar-refractivity contribution in [1.29, 1.82) is 5.41 Å². The van der Waals surface area contributed by atoms with E-state index in [1.807, 2.05) is 0 Å². The number of aliphatic imine (C=N–C) groups is 1. The minimum Gasteiger partial charge on any atom is -0.460 e. The van der Waals surface area contributed by atoms with Crippen molar-refractivity contribution < 1.29 is 18.3 Å². The molecule has 0 aliphatic heterocycles. The molecule has 6 heteroatoms. The van der Waals surface area contributed by atoms with Crippen molar-refractivity contribution in [3.05, 3.63) is 0 Å². The topological polar surface area (TPSA) is 62.5 Å². The number of amidine groups is 1. The Morgan fingerprint density at radius 3 is 2.65 bits per heavy atom. The van der Waals surface area contributed by atoms with Gasteiger partial charge in [-0.3, -0.25) is 5.41 Å². The first-order valence-corrected chi connectivity index (χ1v) is 5.59. The Morgan fingerprint density at radius 1 is 1.47 bits per heavy atom. The quantitative estimate of drug-likeness (QED) is 0.340. The Morgan fingerprint density at radius 2 is 2.12 bits per heavy atom. The number of ether oxygens (including phenoxy) is 1. The smallest absolute Gasteiger partial charge is 0.375 e. The monoisotopic (exact) mass is 248 g/mol. The average molecular weight is 248 g/mol. The molecule has 4 nitrogen and oxygen atoms in total. The molecule has 0 atom stereocenters. The first-order chi connectivity index (χ1) is 7.93. The van der Waals surface area contributed by atoms with Gasteiger partial charge in [0.2, 0.25) is 11.8 Å². The highest BCUT2D eigenvalue weighted by Crippen LogP contribution is 2.24. The van der Waals surface area contributed by atoms with Gasteiger partial charge in [-0.25, -0.2) is 18.6 Å². The Labute approximate surface area is 99.6 Å². The molecular weight excluding hydrogens is 230 g/mol. The van der Waals surface area contributed by atoms with E-state index in [1.165, 1.54) is 13.1 Å². The van der Waals surface area contributed by atoms with Crippen molar-refractivity contribution in [3.8, 4) is 0 Å². The van der Waals surface area contributed by atoms with E-state index in [4.69, 9.17) is 5.41 Å². The number of carbonyl (C=O) groups is 1. The van der Waals surface area contributed by atoms with Crippen LogP contribution >= 0.6 is 0 Å². The summed E-state index contributed by atoms with van der Waals surface area (Å²) in [6.45, 7) is 3.24. The van der Waals surface area contributed by atoms with Crippen molar-refractivity contribution in [2.75, 3.05) is 6.61 Å². The van der Waals surface area contributed by atoms with Crippen LogP contribution in [-0.2, 0) is 9.53 Å². The normalized spacial score (nSPS) is 11.8. The third kappa shape index (κ3) is 7.54. The molecule has 0 bridgehead atoms. The van der Waals surface area contributed by atoms with Gasteiger partial charge in [-0.15, -0.1) is 0 Å². The van der Waals surface area contributed by atoms with E-state index in [0.717, 1.165) is 0 Å². The van der Waals surface area contributed by atoms with Crippen molar-refractivity contribution in [3.63, 3.8) is 0 Å². The standard InChI is InChI=1S/C11H18F2N2O2/c1-3-11(12,13)7-5-6-8-15-9(14)10(16)17-4-2/h8,14H,3-7H2,1-2H3/b14-9?,15-8+. The molecule has 0 aromatic heterocycles. The van der Waals surface area contributed by atoms with Crippen LogP contribution in [0.3, 0.4) is 0 Å². The zero-order valence-electron chi connectivity index (χ0n) is 10.1. The van der Waals surface area contributed by atoms with Gasteiger partial charge in [0.15, 0.2) is 0 Å². The Hall–Kier alpha value is -1.33. The summed E-state index contributed by atoms with van der Waals surface area (Å²) >= 11 is 0. The Balaban J connectivity index is 3.82. The van der Waals surface area contributed by atoms with E-state index in [1.54, 1.807) is 6.92 Å². The number of hydrogen-bond acceptors (Lipinski definition) is 3. The molecule has 17 heavy (non-hydrogen) atoms. The molecule has 0 radical (unpaired) electrons. The van der Waals surface area contributed by atoms with E-state index in [9.17, 15) is 13.6 Å². The summed E-state index contributed by atoms with van der Waals surface area (Å²) < 4.78 is 30.1. The van der Waals surface area contributed by atoms with Crippen LogP contribution < -0.4 is 0 Å². The van der Waals surface area contributed by atoms with Crippen molar-refractivity contribution in [2.45, 2.75) is 45.5 Å². The van der Waals surface area contributed by atoms with Crippen LogP contribution in [0.25, 0.3) is 0 Å². The molecular formula is C11H18F2N2O2. The number of carbonyl (C=O) groups excluding carboxylic acids is 1. The number of nitrogens with zero attached hydrogens (tertiary/aromatic N) is 1. The van der Waals surface area contributed by atoms with Crippen molar-refractivity contribution in [1.82, 2.24) is 0 Å². The predicted molar refractivity (Wildman–Crippen MR) is 61.9 cm³/mol. The second kappa shape index (κ2) is 7.86. The molecule has 98 valence electrons. The fraction of sp³-hybridized carbons (Fsp3) is 0.727. The van der Waals surface area contributed by atoms with E-state index in [2.05, 4.69) is 9.73 Å². The summed E-state index contributed by atoms with van der Waals surface area (Å²) in [5.41, 5.74) is 0. The molecule has 0 aliphatic rings. The number of hydrogen-bond donors (Lipinski definition) is 1. The minimum absolute atomic E-state index is 0.178. The maximum absolute atomic E-state index is 12.8. The zero-order valence-corrected chi connectivity index (χ0v) is 10.1. The van der Waals surface area contributed by atoms with E-state index in [0.29, 0.717) is 6.42 Å². The second-order valence-corrected chi connectivity index (χ2v) is 3.48. The highest BCUT2D eigenvalue weighted by molar-refractivity contribution is 6.35. The largest absolute Gasteiger partial charge is 0.460 e. The molecule has 0 unspecified atom stereocenters. The predicted octanol–water partition coefficient (Wildman–Crippen LogP) is 2.81. The molecule has 0 aliphatic carbocycles. The fourth-order valence-electron chi connectivity index (χ4n) is 1.04. The van der Waals surface area contributed by atoms with E-state index >= 15 is 0 Å². The summed E-state index contributed by atoms with van der Waals surface area (Å²) in [7, 11) is 0. The van der Waals surface area contributed by atoms with Gasteiger partial charge in [0.25, 0.3) is 0 Å². The van der Waals surface area contributed by atoms with Crippen molar-refractivity contribution >= 4 is 18.0 Å². The summed E-state index contributed by atoms with van der Waals surface area (Å²) in [5.74, 6) is -3.94. The Bertz CT molecular complexity index is 291. The van der Waals surface area contributed by atoms with Crippen LogP contribution in [0, 0.1) is 5.41 Å². The summed E-state index contributed by atoms with van der Waals surface area (Å²) in [4.78, 5) is 14.5. The lowest BCUT2D eigenvalue weighted by Gasteiger charge is -2.11. The number of esters is 1. The second-order valence-electron chi connectivity index (χ2n) is 3.48. The lowest BCUT2D eigenvalue weighted by atomic mass is 10.1. The van der Waals surface area contributed by atoms with Crippen LogP contribution in [0.1, 0.15) is 39.5 Å². The van der Waals surface area contributed by atoms with Crippen LogP contribution in [-0.4, -0.2) is 30.5 Å². The SMILES string of the molecule is CCOC(=O)C(=N)/N=C/CCCC(F)(F)CC. The third-order valence-electron chi connectivity index (χ3n) is 2.08. The van der Waals surface area contributed by atoms with E-state index in [-0.39, 0.29) is 25.9 Å². The molecule has 0 aromatic carbocycles. The van der Waals surface area contributed by atoms with Crippen LogP contribution in [0.5, 0.6) is 0 Å². The van der Waals surface area contributed by atoms with Crippen LogP contribution in [0.4, 0.5) is 8.78 Å². The minimum atomic E-state index is -2.64. The van der Waals surface area contributed by atoms with Gasteiger partial charge in [-0.1, -0.05) is 6.92 Å². The molecule has 0 rings (SSSR count). The van der Waals surface area contributed by atoms with Gasteiger partial charge in [-0.2, -0.15) is 0 Å². The highest BCUT2D eigenvalue weighted by Gasteiger charge is 2.24. The third-order valence-corrected chi connectivity index (χ3v) is 2.08. The zero-order chi connectivity index (χ0) is 13.3. The summed E-state index contributed by atoms with van der Waals surface area (Å²) in [6.07, 6.45) is 1.51. The first-order valence-electron chi connectivity index (χ1n) is 5.59. The molecule has 0 saturated carbocycles. The summed E-state index contributed by atoms with van der Waals surface area (Å²) in [5, 5.41) is 7.17. The molecule has 0 fully saturated rings. The first kappa shape index (κ1) is 15.7. The molecule has 0 saturated heterocycles. The van der Waals surface area contributed by atoms with Gasteiger partial charge in [-0.05, 0) is 19.8 Å².